The summed E-state index contributed by atoms with van der Waals surface area (Å²) in [6.07, 6.45) is 1.26. The highest BCUT2D eigenvalue weighted by molar-refractivity contribution is 6.35. The third kappa shape index (κ3) is 4.09. The van der Waals surface area contributed by atoms with Crippen LogP contribution in [-0.2, 0) is 4.79 Å². The zero-order chi connectivity index (χ0) is 13.8. The van der Waals surface area contributed by atoms with Crippen molar-refractivity contribution < 1.29 is 14.6 Å². The molecule has 0 saturated carbocycles. The fourth-order valence-electron chi connectivity index (χ4n) is 1.22. The molecule has 1 aromatic rings. The molecule has 0 radical (unpaired) electrons. The first-order chi connectivity index (χ1) is 8.37. The highest BCUT2D eigenvalue weighted by Crippen LogP contribution is 2.24. The molecule has 0 aromatic heterocycles. The van der Waals surface area contributed by atoms with Crippen LogP contribution in [0, 0.1) is 0 Å². The van der Waals surface area contributed by atoms with Crippen LogP contribution in [0.5, 0.6) is 5.75 Å². The summed E-state index contributed by atoms with van der Waals surface area (Å²) in [7, 11) is 0. The Labute approximate surface area is 120 Å². The van der Waals surface area contributed by atoms with E-state index in [4.69, 9.17) is 39.5 Å². The van der Waals surface area contributed by atoms with Gasteiger partial charge in [-0.05, 0) is 37.3 Å². The number of carboxylic acids is 1. The van der Waals surface area contributed by atoms with Crippen molar-refractivity contribution in [3.05, 3.63) is 40.4 Å². The Kier molecular flexibility index (Phi) is 5.32. The summed E-state index contributed by atoms with van der Waals surface area (Å²) in [6.45, 7) is 1.39. The lowest BCUT2D eigenvalue weighted by Crippen LogP contribution is -2.39. The summed E-state index contributed by atoms with van der Waals surface area (Å²) < 4.78 is 5.41. The highest BCUT2D eigenvalue weighted by Gasteiger charge is 2.33. The number of carbonyl (C=O) groups is 1. The van der Waals surface area contributed by atoms with Crippen LogP contribution in [0.3, 0.4) is 0 Å². The van der Waals surface area contributed by atoms with Gasteiger partial charge in [-0.3, -0.25) is 0 Å². The van der Waals surface area contributed by atoms with E-state index in [-0.39, 0.29) is 10.9 Å². The van der Waals surface area contributed by atoms with Crippen LogP contribution in [0.2, 0.25) is 5.02 Å². The number of hydrogen-bond acceptors (Lipinski definition) is 2. The molecular weight excluding hydrogens is 298 g/mol. The molecule has 1 unspecified atom stereocenters. The van der Waals surface area contributed by atoms with E-state index in [1.165, 1.54) is 13.0 Å². The van der Waals surface area contributed by atoms with Crippen LogP contribution < -0.4 is 4.74 Å². The van der Waals surface area contributed by atoms with Crippen LogP contribution in [0.4, 0.5) is 0 Å². The van der Waals surface area contributed by atoms with E-state index in [1.54, 1.807) is 24.3 Å². The number of ether oxygens (including phenoxy) is 1. The van der Waals surface area contributed by atoms with E-state index in [1.807, 2.05) is 0 Å². The second-order valence-corrected chi connectivity index (χ2v) is 4.88. The Morgan fingerprint density at radius 3 is 2.44 bits per heavy atom. The van der Waals surface area contributed by atoms with Crippen molar-refractivity contribution in [2.24, 2.45) is 0 Å². The van der Waals surface area contributed by atoms with Gasteiger partial charge in [-0.2, -0.15) is 0 Å². The predicted molar refractivity (Wildman–Crippen MR) is 72.8 cm³/mol. The molecule has 0 amide bonds. The van der Waals surface area contributed by atoms with Gasteiger partial charge in [0.2, 0.25) is 5.60 Å². The molecule has 0 aliphatic heterocycles. The van der Waals surface area contributed by atoms with Gasteiger partial charge < -0.3 is 9.84 Å². The van der Waals surface area contributed by atoms with Gasteiger partial charge in [0.05, 0.1) is 5.88 Å². The van der Waals surface area contributed by atoms with Crippen molar-refractivity contribution in [2.75, 3.05) is 5.88 Å². The van der Waals surface area contributed by atoms with Crippen molar-refractivity contribution in [3.8, 4) is 5.75 Å². The van der Waals surface area contributed by atoms with Crippen LogP contribution in [-0.4, -0.2) is 22.6 Å². The maximum Gasteiger partial charge on any atom is 0.351 e. The quantitative estimate of drug-likeness (QED) is 0.838. The molecule has 0 bridgehead atoms. The number of alkyl halides is 1. The predicted octanol–water partition coefficient (Wildman–Crippen LogP) is 3.92. The van der Waals surface area contributed by atoms with E-state index in [2.05, 4.69) is 0 Å². The van der Waals surface area contributed by atoms with Crippen molar-refractivity contribution in [3.63, 3.8) is 0 Å². The zero-order valence-electron chi connectivity index (χ0n) is 9.49. The molecule has 18 heavy (non-hydrogen) atoms. The molecular formula is C12H11Cl3O3. The normalized spacial score (nSPS) is 15.0. The van der Waals surface area contributed by atoms with E-state index in [0.29, 0.717) is 10.8 Å². The standard InChI is InChI=1S/C12H11Cl3O3/c1-12(11(16)17,6-9(15)7-13)18-10-4-2-8(14)3-5-10/h2-6H,7H2,1H3,(H,16,17). The number of aliphatic carboxylic acids is 1. The van der Waals surface area contributed by atoms with Gasteiger partial charge >= 0.3 is 5.97 Å². The number of hydrogen-bond donors (Lipinski definition) is 1. The largest absolute Gasteiger partial charge is 0.478 e. The van der Waals surface area contributed by atoms with Crippen molar-refractivity contribution in [1.29, 1.82) is 0 Å². The molecule has 98 valence electrons. The minimum Gasteiger partial charge on any atom is -0.478 e. The highest BCUT2D eigenvalue weighted by atomic mass is 35.5. The number of allylic oxidation sites excluding steroid dienone is 1. The van der Waals surface area contributed by atoms with Crippen molar-refractivity contribution in [1.82, 2.24) is 0 Å². The van der Waals surface area contributed by atoms with Gasteiger partial charge in [0.1, 0.15) is 5.75 Å². The van der Waals surface area contributed by atoms with Gasteiger partial charge in [0, 0.05) is 10.1 Å². The third-order valence-electron chi connectivity index (χ3n) is 2.13. The summed E-state index contributed by atoms with van der Waals surface area (Å²) >= 11 is 17.0. The number of benzene rings is 1. The van der Waals surface area contributed by atoms with Gasteiger partial charge in [-0.1, -0.05) is 23.2 Å². The Morgan fingerprint density at radius 2 is 2.00 bits per heavy atom. The van der Waals surface area contributed by atoms with E-state index >= 15 is 0 Å². The summed E-state index contributed by atoms with van der Waals surface area (Å²) in [4.78, 5) is 11.2. The second kappa shape index (κ2) is 6.32. The molecule has 0 fully saturated rings. The first kappa shape index (κ1) is 15.2. The molecule has 0 aliphatic carbocycles. The number of rotatable bonds is 5. The molecule has 0 saturated heterocycles. The Bertz CT molecular complexity index is 456. The van der Waals surface area contributed by atoms with Crippen molar-refractivity contribution in [2.45, 2.75) is 12.5 Å². The van der Waals surface area contributed by atoms with Crippen LogP contribution in [0.15, 0.2) is 35.4 Å². The van der Waals surface area contributed by atoms with E-state index < -0.39 is 11.6 Å². The maximum atomic E-state index is 11.2. The molecule has 1 aromatic carbocycles. The van der Waals surface area contributed by atoms with E-state index in [0.717, 1.165) is 0 Å². The van der Waals surface area contributed by atoms with Crippen LogP contribution in [0.25, 0.3) is 0 Å². The summed E-state index contributed by atoms with van der Waals surface area (Å²) in [6, 6.07) is 6.36. The second-order valence-electron chi connectivity index (χ2n) is 3.69. The monoisotopic (exact) mass is 308 g/mol. The average molecular weight is 310 g/mol. The summed E-state index contributed by atoms with van der Waals surface area (Å²) in [5, 5.41) is 9.94. The Balaban J connectivity index is 3.00. The number of carboxylic acid groups (broad SMARTS) is 1. The fourth-order valence-corrected chi connectivity index (χ4v) is 1.63. The summed E-state index contributed by atoms with van der Waals surface area (Å²) in [5.74, 6) is -0.769. The molecule has 0 heterocycles. The Hall–Kier alpha value is -0.900. The maximum absolute atomic E-state index is 11.2. The minimum absolute atomic E-state index is 0.0222. The molecule has 1 atom stereocenters. The topological polar surface area (TPSA) is 46.5 Å². The first-order valence-corrected chi connectivity index (χ1v) is 6.27. The lowest BCUT2D eigenvalue weighted by molar-refractivity contribution is -0.149. The van der Waals surface area contributed by atoms with Gasteiger partial charge in [0.15, 0.2) is 0 Å². The smallest absolute Gasteiger partial charge is 0.351 e. The van der Waals surface area contributed by atoms with Gasteiger partial charge in [-0.15, -0.1) is 11.6 Å². The molecule has 6 heteroatoms. The third-order valence-corrected chi connectivity index (χ3v) is 3.05. The van der Waals surface area contributed by atoms with Crippen LogP contribution >= 0.6 is 34.8 Å². The molecule has 3 nitrogen and oxygen atoms in total. The Morgan fingerprint density at radius 1 is 1.44 bits per heavy atom. The average Bonchev–Trinajstić information content (AvgIpc) is 2.31. The fraction of sp³-hybridized carbons (Fsp3) is 0.250. The summed E-state index contributed by atoms with van der Waals surface area (Å²) in [5.41, 5.74) is -1.58. The first-order valence-electron chi connectivity index (χ1n) is 4.98. The van der Waals surface area contributed by atoms with Gasteiger partial charge in [0.25, 0.3) is 0 Å². The SMILES string of the molecule is CC(C=C(Cl)CCl)(Oc1ccc(Cl)cc1)C(=O)O. The number of halogens is 3. The lowest BCUT2D eigenvalue weighted by Gasteiger charge is -2.23. The zero-order valence-corrected chi connectivity index (χ0v) is 11.8. The van der Waals surface area contributed by atoms with Gasteiger partial charge in [-0.25, -0.2) is 4.79 Å². The van der Waals surface area contributed by atoms with E-state index in [9.17, 15) is 9.90 Å². The van der Waals surface area contributed by atoms with Crippen molar-refractivity contribution >= 4 is 40.8 Å². The lowest BCUT2D eigenvalue weighted by atomic mass is 10.1. The van der Waals surface area contributed by atoms with Crippen LogP contribution in [0.1, 0.15) is 6.92 Å². The molecule has 1 N–H and O–H groups in total. The minimum atomic E-state index is -1.58. The molecule has 0 spiro atoms. The molecule has 1 rings (SSSR count). The molecule has 0 aliphatic rings.